The molecule has 2 heterocycles. The summed E-state index contributed by atoms with van der Waals surface area (Å²) in [6, 6.07) is 1.75. The number of amides is 1. The summed E-state index contributed by atoms with van der Waals surface area (Å²) in [5.74, 6) is -0.0421. The first-order valence-electron chi connectivity index (χ1n) is 4.46. The minimum Gasteiger partial charge on any atom is -0.324 e. The van der Waals surface area contributed by atoms with E-state index < -0.39 is 0 Å². The first-order chi connectivity index (χ1) is 6.66. The molecular formula is C10H10N2O2. The standard InChI is InChI=1S/C10H10N2O2/c1-6(13)8-4-7-2-3-10(14)12-9(7)5-11-8/h4-5H,2-3H2,1H3,(H,12,14). The van der Waals surface area contributed by atoms with Gasteiger partial charge in [-0.05, 0) is 18.1 Å². The van der Waals surface area contributed by atoms with Gasteiger partial charge in [-0.1, -0.05) is 0 Å². The Balaban J connectivity index is 2.41. The van der Waals surface area contributed by atoms with Crippen molar-refractivity contribution in [2.45, 2.75) is 19.8 Å². The number of aromatic nitrogens is 1. The highest BCUT2D eigenvalue weighted by molar-refractivity contribution is 5.96. The lowest BCUT2D eigenvalue weighted by atomic mass is 10.0. The van der Waals surface area contributed by atoms with Crippen LogP contribution in [0, 0.1) is 0 Å². The van der Waals surface area contributed by atoms with E-state index >= 15 is 0 Å². The summed E-state index contributed by atoms with van der Waals surface area (Å²) in [6.07, 6.45) is 2.71. The molecule has 4 heteroatoms. The second-order valence-corrected chi connectivity index (χ2v) is 3.33. The third kappa shape index (κ3) is 1.51. The van der Waals surface area contributed by atoms with Crippen LogP contribution in [0.2, 0.25) is 0 Å². The fourth-order valence-electron chi connectivity index (χ4n) is 1.47. The van der Waals surface area contributed by atoms with Gasteiger partial charge in [0, 0.05) is 13.3 Å². The molecule has 0 aromatic carbocycles. The van der Waals surface area contributed by atoms with Gasteiger partial charge in [0.1, 0.15) is 5.69 Å². The average Bonchev–Trinajstić information content (AvgIpc) is 2.16. The maximum Gasteiger partial charge on any atom is 0.224 e. The summed E-state index contributed by atoms with van der Waals surface area (Å²) in [5.41, 5.74) is 2.18. The van der Waals surface area contributed by atoms with Gasteiger partial charge in [-0.25, -0.2) is 0 Å². The smallest absolute Gasteiger partial charge is 0.224 e. The van der Waals surface area contributed by atoms with Gasteiger partial charge >= 0.3 is 0 Å². The summed E-state index contributed by atoms with van der Waals surface area (Å²) in [7, 11) is 0. The Morgan fingerprint density at radius 1 is 1.50 bits per heavy atom. The largest absolute Gasteiger partial charge is 0.324 e. The second-order valence-electron chi connectivity index (χ2n) is 3.33. The molecule has 0 fully saturated rings. The van der Waals surface area contributed by atoms with Crippen LogP contribution in [0.5, 0.6) is 0 Å². The molecule has 14 heavy (non-hydrogen) atoms. The summed E-state index contributed by atoms with van der Waals surface area (Å²) in [5, 5.41) is 2.71. The van der Waals surface area contributed by atoms with Crippen molar-refractivity contribution in [3.05, 3.63) is 23.5 Å². The Morgan fingerprint density at radius 3 is 3.00 bits per heavy atom. The van der Waals surface area contributed by atoms with Crippen molar-refractivity contribution in [1.82, 2.24) is 4.98 Å². The molecule has 1 aromatic rings. The highest BCUT2D eigenvalue weighted by Crippen LogP contribution is 2.21. The first-order valence-corrected chi connectivity index (χ1v) is 4.46. The molecule has 1 N–H and O–H groups in total. The van der Waals surface area contributed by atoms with Gasteiger partial charge in [-0.15, -0.1) is 0 Å². The fraction of sp³-hybridized carbons (Fsp3) is 0.300. The lowest BCUT2D eigenvalue weighted by molar-refractivity contribution is -0.116. The molecule has 0 atom stereocenters. The minimum absolute atomic E-state index is 0.00914. The van der Waals surface area contributed by atoms with E-state index in [9.17, 15) is 9.59 Å². The number of rotatable bonds is 1. The number of Topliss-reactive ketones (excluding diaryl/α,β-unsaturated/α-hetero) is 1. The predicted molar refractivity (Wildman–Crippen MR) is 51.2 cm³/mol. The Hall–Kier alpha value is -1.71. The third-order valence-electron chi connectivity index (χ3n) is 2.25. The maximum atomic E-state index is 11.0. The molecule has 1 aliphatic rings. The van der Waals surface area contributed by atoms with Crippen LogP contribution >= 0.6 is 0 Å². The molecule has 4 nitrogen and oxygen atoms in total. The van der Waals surface area contributed by atoms with E-state index in [2.05, 4.69) is 10.3 Å². The number of fused-ring (bicyclic) bond motifs is 1. The second kappa shape index (κ2) is 3.21. The molecule has 0 unspecified atom stereocenters. The van der Waals surface area contributed by atoms with Crippen LogP contribution < -0.4 is 5.32 Å². The molecule has 72 valence electrons. The molecular weight excluding hydrogens is 180 g/mol. The summed E-state index contributed by atoms with van der Waals surface area (Å²) in [4.78, 5) is 26.0. The van der Waals surface area contributed by atoms with Gasteiger partial charge < -0.3 is 5.32 Å². The Morgan fingerprint density at radius 2 is 2.29 bits per heavy atom. The highest BCUT2D eigenvalue weighted by atomic mass is 16.1. The highest BCUT2D eigenvalue weighted by Gasteiger charge is 2.16. The van der Waals surface area contributed by atoms with Crippen molar-refractivity contribution >= 4 is 17.4 Å². The number of pyridine rings is 1. The van der Waals surface area contributed by atoms with Crippen LogP contribution in [0.3, 0.4) is 0 Å². The van der Waals surface area contributed by atoms with E-state index in [-0.39, 0.29) is 11.7 Å². The van der Waals surface area contributed by atoms with Crippen LogP contribution in [-0.4, -0.2) is 16.7 Å². The summed E-state index contributed by atoms with van der Waals surface area (Å²) in [6.45, 7) is 1.48. The normalized spacial score (nSPS) is 14.5. The molecule has 0 radical (unpaired) electrons. The Labute approximate surface area is 81.3 Å². The number of carbonyl (C=O) groups excluding carboxylic acids is 2. The minimum atomic E-state index is -0.0512. The molecule has 0 bridgehead atoms. The van der Waals surface area contributed by atoms with Crippen molar-refractivity contribution in [3.63, 3.8) is 0 Å². The number of nitrogens with zero attached hydrogens (tertiary/aromatic N) is 1. The van der Waals surface area contributed by atoms with Gasteiger partial charge in [0.25, 0.3) is 0 Å². The van der Waals surface area contributed by atoms with Gasteiger partial charge in [0.2, 0.25) is 5.91 Å². The molecule has 0 saturated carbocycles. The van der Waals surface area contributed by atoms with E-state index in [0.717, 1.165) is 11.3 Å². The fourth-order valence-corrected chi connectivity index (χ4v) is 1.47. The van der Waals surface area contributed by atoms with Crippen LogP contribution in [-0.2, 0) is 11.2 Å². The van der Waals surface area contributed by atoms with Crippen molar-refractivity contribution < 1.29 is 9.59 Å². The number of hydrogen-bond donors (Lipinski definition) is 1. The molecule has 2 rings (SSSR count). The van der Waals surface area contributed by atoms with Gasteiger partial charge in [0.05, 0.1) is 11.9 Å². The third-order valence-corrected chi connectivity index (χ3v) is 2.25. The molecule has 1 amide bonds. The molecule has 0 spiro atoms. The van der Waals surface area contributed by atoms with Gasteiger partial charge in [0.15, 0.2) is 5.78 Å². The molecule has 1 aromatic heterocycles. The lowest BCUT2D eigenvalue weighted by Crippen LogP contribution is -2.19. The molecule has 1 aliphatic heterocycles. The number of aryl methyl sites for hydroxylation is 1. The average molecular weight is 190 g/mol. The van der Waals surface area contributed by atoms with Crippen molar-refractivity contribution in [3.8, 4) is 0 Å². The Kier molecular flexibility index (Phi) is 2.04. The van der Waals surface area contributed by atoms with Crippen molar-refractivity contribution in [2.75, 3.05) is 5.32 Å². The van der Waals surface area contributed by atoms with Gasteiger partial charge in [-0.3, -0.25) is 14.6 Å². The Bertz CT molecular complexity index is 413. The van der Waals surface area contributed by atoms with E-state index in [4.69, 9.17) is 0 Å². The number of nitrogens with one attached hydrogen (secondary N) is 1. The summed E-state index contributed by atoms with van der Waals surface area (Å²) >= 11 is 0. The van der Waals surface area contributed by atoms with Crippen molar-refractivity contribution in [1.29, 1.82) is 0 Å². The number of hydrogen-bond acceptors (Lipinski definition) is 3. The number of ketones is 1. The zero-order chi connectivity index (χ0) is 10.1. The van der Waals surface area contributed by atoms with E-state index in [1.807, 2.05) is 0 Å². The summed E-state index contributed by atoms with van der Waals surface area (Å²) < 4.78 is 0. The number of carbonyl (C=O) groups is 2. The quantitative estimate of drug-likeness (QED) is 0.676. The van der Waals surface area contributed by atoms with Crippen LogP contribution in [0.4, 0.5) is 5.69 Å². The van der Waals surface area contributed by atoms with Gasteiger partial charge in [-0.2, -0.15) is 0 Å². The van der Waals surface area contributed by atoms with E-state index in [1.54, 1.807) is 12.3 Å². The van der Waals surface area contributed by atoms with Crippen LogP contribution in [0.25, 0.3) is 0 Å². The molecule has 0 aliphatic carbocycles. The SMILES string of the molecule is CC(=O)c1cc2c(cn1)NC(=O)CC2. The van der Waals surface area contributed by atoms with Crippen LogP contribution in [0.1, 0.15) is 29.4 Å². The van der Waals surface area contributed by atoms with Crippen molar-refractivity contribution in [2.24, 2.45) is 0 Å². The number of anilines is 1. The van der Waals surface area contributed by atoms with Crippen LogP contribution in [0.15, 0.2) is 12.3 Å². The molecule has 0 saturated heterocycles. The zero-order valence-electron chi connectivity index (χ0n) is 7.83. The first kappa shape index (κ1) is 8.87. The van der Waals surface area contributed by atoms with E-state index in [0.29, 0.717) is 18.5 Å². The maximum absolute atomic E-state index is 11.0. The topological polar surface area (TPSA) is 59.1 Å². The van der Waals surface area contributed by atoms with E-state index in [1.165, 1.54) is 6.92 Å². The lowest BCUT2D eigenvalue weighted by Gasteiger charge is -2.16. The monoisotopic (exact) mass is 190 g/mol. The predicted octanol–water partition coefficient (Wildman–Crippen LogP) is 1.17. The zero-order valence-corrected chi connectivity index (χ0v) is 7.83.